The summed E-state index contributed by atoms with van der Waals surface area (Å²) in [4.78, 5) is 18.8. The Labute approximate surface area is 171 Å². The first-order chi connectivity index (χ1) is 12.9. The molecule has 0 unspecified atom stereocenters. The van der Waals surface area contributed by atoms with Crippen LogP contribution in [0.3, 0.4) is 0 Å². The van der Waals surface area contributed by atoms with Crippen molar-refractivity contribution in [1.82, 2.24) is 0 Å². The second-order valence-corrected chi connectivity index (χ2v) is 7.46. The van der Waals surface area contributed by atoms with E-state index in [0.29, 0.717) is 37.2 Å². The molecule has 2 aromatic carbocycles. The molecule has 0 spiro atoms. The molecule has 0 saturated heterocycles. The zero-order valence-corrected chi connectivity index (χ0v) is 17.2. The number of ether oxygens (including phenoxy) is 2. The Kier molecular flexibility index (Phi) is 5.99. The van der Waals surface area contributed by atoms with Gasteiger partial charge in [-0.2, -0.15) is 4.99 Å². The van der Waals surface area contributed by atoms with E-state index >= 15 is 0 Å². The summed E-state index contributed by atoms with van der Waals surface area (Å²) in [6, 6.07) is 10.7. The number of rotatable bonds is 4. The van der Waals surface area contributed by atoms with Gasteiger partial charge in [-0.15, -0.1) is 0 Å². The van der Waals surface area contributed by atoms with Crippen LogP contribution in [0.1, 0.15) is 5.56 Å². The predicted octanol–water partition coefficient (Wildman–Crippen LogP) is 5.12. The van der Waals surface area contributed by atoms with Crippen LogP contribution in [0.15, 0.2) is 46.3 Å². The van der Waals surface area contributed by atoms with Crippen molar-refractivity contribution in [3.8, 4) is 11.5 Å². The van der Waals surface area contributed by atoms with Gasteiger partial charge in [0.25, 0.3) is 5.91 Å². The summed E-state index contributed by atoms with van der Waals surface area (Å²) in [6.45, 7) is 0. The molecule has 0 bridgehead atoms. The molecular weight excluding hydrogens is 407 g/mol. The highest BCUT2D eigenvalue weighted by Crippen LogP contribution is 2.38. The topological polar surface area (TPSA) is 51.1 Å². The summed E-state index contributed by atoms with van der Waals surface area (Å²) < 4.78 is 10.7. The Balaban J connectivity index is 1.89. The van der Waals surface area contributed by atoms with E-state index in [4.69, 9.17) is 32.7 Å². The fourth-order valence-corrected chi connectivity index (χ4v) is 3.75. The highest BCUT2D eigenvalue weighted by atomic mass is 35.5. The first-order valence-electron chi connectivity index (χ1n) is 7.86. The molecule has 1 aliphatic rings. The molecule has 0 radical (unpaired) electrons. The molecule has 0 saturated carbocycles. The minimum atomic E-state index is -0.322. The zero-order valence-electron chi connectivity index (χ0n) is 14.8. The van der Waals surface area contributed by atoms with Gasteiger partial charge in [-0.25, -0.2) is 0 Å². The normalized spacial score (nSPS) is 15.1. The zero-order chi connectivity index (χ0) is 19.6. The maximum absolute atomic E-state index is 12.4. The van der Waals surface area contributed by atoms with Gasteiger partial charge in [0.2, 0.25) is 0 Å². The molecule has 1 aliphatic heterocycles. The van der Waals surface area contributed by atoms with Crippen molar-refractivity contribution in [1.29, 1.82) is 0 Å². The summed E-state index contributed by atoms with van der Waals surface area (Å²) in [5.41, 5.74) is 1.52. The Bertz CT molecular complexity index is 943. The van der Waals surface area contributed by atoms with Gasteiger partial charge in [0.15, 0.2) is 16.7 Å². The van der Waals surface area contributed by atoms with E-state index in [9.17, 15) is 4.79 Å². The van der Waals surface area contributed by atoms with Gasteiger partial charge >= 0.3 is 0 Å². The van der Waals surface area contributed by atoms with Gasteiger partial charge in [0.1, 0.15) is 0 Å². The van der Waals surface area contributed by atoms with Gasteiger partial charge < -0.3 is 14.4 Å². The number of nitrogens with zero attached hydrogens (tertiary/aromatic N) is 2. The minimum absolute atomic E-state index is 0.322. The number of thioether (sulfide) groups is 1. The number of amidine groups is 1. The molecule has 1 amide bonds. The lowest BCUT2D eigenvalue weighted by atomic mass is 10.1. The number of amides is 1. The number of hydrogen-bond donors (Lipinski definition) is 0. The molecule has 0 N–H and O–H groups in total. The second kappa shape index (κ2) is 8.25. The van der Waals surface area contributed by atoms with Crippen LogP contribution in [0.25, 0.3) is 6.08 Å². The maximum atomic E-state index is 12.4. The largest absolute Gasteiger partial charge is 0.493 e. The van der Waals surface area contributed by atoms with E-state index in [2.05, 4.69) is 4.99 Å². The van der Waals surface area contributed by atoms with Crippen molar-refractivity contribution in [3.05, 3.63) is 56.9 Å². The van der Waals surface area contributed by atoms with E-state index < -0.39 is 0 Å². The van der Waals surface area contributed by atoms with E-state index in [-0.39, 0.29) is 5.91 Å². The van der Waals surface area contributed by atoms with E-state index in [1.54, 1.807) is 30.3 Å². The van der Waals surface area contributed by atoms with Gasteiger partial charge in [-0.05, 0) is 48.2 Å². The Morgan fingerprint density at radius 3 is 2.41 bits per heavy atom. The molecule has 0 fully saturated rings. The average molecular weight is 423 g/mol. The van der Waals surface area contributed by atoms with Crippen molar-refractivity contribution in [2.45, 2.75) is 0 Å². The third-order valence-corrected chi connectivity index (χ3v) is 5.40. The highest BCUT2D eigenvalue weighted by Gasteiger charge is 2.26. The third kappa shape index (κ3) is 4.24. The van der Waals surface area contributed by atoms with Gasteiger partial charge in [-0.1, -0.05) is 23.2 Å². The third-order valence-electron chi connectivity index (χ3n) is 3.87. The Hall–Kier alpha value is -2.15. The molecule has 27 heavy (non-hydrogen) atoms. The van der Waals surface area contributed by atoms with Crippen LogP contribution in [-0.2, 0) is 4.79 Å². The lowest BCUT2D eigenvalue weighted by Crippen LogP contribution is -2.21. The van der Waals surface area contributed by atoms with E-state index in [1.807, 2.05) is 24.1 Å². The van der Waals surface area contributed by atoms with Crippen molar-refractivity contribution in [3.63, 3.8) is 0 Å². The molecule has 0 aliphatic carbocycles. The standard InChI is InChI=1S/C19H16Cl2N2O3S/c1-23(14-6-4-12(20)5-7-14)19-22-18(24)16(27-19)9-11-8-13(21)10-15(25-2)17(11)26-3/h4-10H,1-3H3/b16-9-. The van der Waals surface area contributed by atoms with Crippen LogP contribution in [0.2, 0.25) is 10.0 Å². The summed E-state index contributed by atoms with van der Waals surface area (Å²) in [5, 5.41) is 1.70. The molecule has 1 heterocycles. The summed E-state index contributed by atoms with van der Waals surface area (Å²) in [6.07, 6.45) is 1.70. The van der Waals surface area contributed by atoms with Crippen LogP contribution in [0.5, 0.6) is 11.5 Å². The highest BCUT2D eigenvalue weighted by molar-refractivity contribution is 8.18. The number of benzene rings is 2. The van der Waals surface area contributed by atoms with Crippen molar-refractivity contribution in [2.24, 2.45) is 4.99 Å². The molecule has 0 aromatic heterocycles. The van der Waals surface area contributed by atoms with Crippen LogP contribution >= 0.6 is 35.0 Å². The molecule has 2 aromatic rings. The second-order valence-electron chi connectivity index (χ2n) is 5.58. The molecule has 0 atom stereocenters. The SMILES string of the molecule is COc1cc(Cl)cc(/C=C2\SC(N(C)c3ccc(Cl)cc3)=NC2=O)c1OC. The Morgan fingerprint density at radius 1 is 1.07 bits per heavy atom. The predicted molar refractivity (Wildman–Crippen MR) is 112 cm³/mol. The van der Waals surface area contributed by atoms with Crippen LogP contribution in [-0.4, -0.2) is 32.3 Å². The van der Waals surface area contributed by atoms with E-state index in [0.717, 1.165) is 5.69 Å². The van der Waals surface area contributed by atoms with Gasteiger partial charge in [0, 0.05) is 34.4 Å². The minimum Gasteiger partial charge on any atom is -0.493 e. The van der Waals surface area contributed by atoms with Crippen molar-refractivity contribution < 1.29 is 14.3 Å². The van der Waals surface area contributed by atoms with Crippen molar-refractivity contribution >= 4 is 57.8 Å². The monoisotopic (exact) mass is 422 g/mol. The van der Waals surface area contributed by atoms with Gasteiger partial charge in [0.05, 0.1) is 19.1 Å². The smallest absolute Gasteiger partial charge is 0.286 e. The summed E-state index contributed by atoms with van der Waals surface area (Å²) in [7, 11) is 4.91. The van der Waals surface area contributed by atoms with Crippen molar-refractivity contribution in [2.75, 3.05) is 26.2 Å². The first-order valence-corrected chi connectivity index (χ1v) is 9.43. The van der Waals surface area contributed by atoms with E-state index in [1.165, 1.54) is 26.0 Å². The first kappa shape index (κ1) is 19.6. The number of hydrogen-bond acceptors (Lipinski definition) is 5. The fraction of sp³-hybridized carbons (Fsp3) is 0.158. The molecule has 140 valence electrons. The fourth-order valence-electron chi connectivity index (χ4n) is 2.52. The Morgan fingerprint density at radius 2 is 1.78 bits per heavy atom. The number of methoxy groups -OCH3 is 2. The molecule has 8 heteroatoms. The number of anilines is 1. The number of halogens is 2. The van der Waals surface area contributed by atoms with Gasteiger partial charge in [-0.3, -0.25) is 4.79 Å². The number of carbonyl (C=O) groups excluding carboxylic acids is 1. The summed E-state index contributed by atoms with van der Waals surface area (Å²) in [5.74, 6) is 0.672. The lowest BCUT2D eigenvalue weighted by molar-refractivity contribution is -0.113. The number of aliphatic imine (C=N–C) groups is 1. The molecule has 5 nitrogen and oxygen atoms in total. The lowest BCUT2D eigenvalue weighted by Gasteiger charge is -2.17. The molecule has 3 rings (SSSR count). The number of carbonyl (C=O) groups is 1. The van der Waals surface area contributed by atoms with Crippen LogP contribution in [0, 0.1) is 0 Å². The maximum Gasteiger partial charge on any atom is 0.286 e. The van der Waals surface area contributed by atoms with Crippen LogP contribution < -0.4 is 14.4 Å². The van der Waals surface area contributed by atoms with Crippen LogP contribution in [0.4, 0.5) is 5.69 Å². The average Bonchev–Trinajstić information content (AvgIpc) is 3.01. The summed E-state index contributed by atoms with van der Waals surface area (Å²) >= 11 is 13.4. The quantitative estimate of drug-likeness (QED) is 0.640. The molecular formula is C19H16Cl2N2O3S.